The highest BCUT2D eigenvalue weighted by molar-refractivity contribution is 7.89. The van der Waals surface area contributed by atoms with Gasteiger partial charge in [-0.25, -0.2) is 17.1 Å². The molecule has 7 heteroatoms. The highest BCUT2D eigenvalue weighted by atomic mass is 32.2. The Labute approximate surface area is 125 Å². The maximum Gasteiger partial charge on any atom is 0.243 e. The Morgan fingerprint density at radius 1 is 1.48 bits per heavy atom. The molecule has 0 saturated carbocycles. The van der Waals surface area contributed by atoms with Gasteiger partial charge in [0.05, 0.1) is 4.90 Å². The van der Waals surface area contributed by atoms with Crippen molar-refractivity contribution in [3.05, 3.63) is 29.6 Å². The second kappa shape index (κ2) is 6.39. The van der Waals surface area contributed by atoms with E-state index < -0.39 is 15.8 Å². The fourth-order valence-electron chi connectivity index (χ4n) is 2.74. The summed E-state index contributed by atoms with van der Waals surface area (Å²) in [7, 11) is -0.152. The molecule has 1 saturated heterocycles. The van der Waals surface area contributed by atoms with Gasteiger partial charge in [0, 0.05) is 26.7 Å². The first kappa shape index (κ1) is 16.4. The summed E-state index contributed by atoms with van der Waals surface area (Å²) in [6.07, 6.45) is 0.975. The third kappa shape index (κ3) is 3.60. The van der Waals surface area contributed by atoms with E-state index in [-0.39, 0.29) is 11.4 Å². The minimum Gasteiger partial charge on any atom is -0.326 e. The zero-order chi connectivity index (χ0) is 15.6. The monoisotopic (exact) mass is 315 g/mol. The topological polar surface area (TPSA) is 66.6 Å². The van der Waals surface area contributed by atoms with Gasteiger partial charge in [-0.15, -0.1) is 0 Å². The molecule has 0 spiro atoms. The fourth-order valence-corrected chi connectivity index (χ4v) is 4.23. The smallest absolute Gasteiger partial charge is 0.243 e. The van der Waals surface area contributed by atoms with Crippen molar-refractivity contribution in [2.24, 2.45) is 11.7 Å². The zero-order valence-corrected chi connectivity index (χ0v) is 13.2. The van der Waals surface area contributed by atoms with Crippen LogP contribution in [-0.4, -0.2) is 51.4 Å². The summed E-state index contributed by atoms with van der Waals surface area (Å²) in [6, 6.07) is 3.71. The molecule has 1 aromatic rings. The predicted molar refractivity (Wildman–Crippen MR) is 79.7 cm³/mol. The lowest BCUT2D eigenvalue weighted by Crippen LogP contribution is -2.33. The van der Waals surface area contributed by atoms with Crippen LogP contribution in [-0.2, 0) is 16.6 Å². The molecule has 118 valence electrons. The molecule has 0 amide bonds. The van der Waals surface area contributed by atoms with Crippen molar-refractivity contribution in [3.63, 3.8) is 0 Å². The number of benzene rings is 1. The molecule has 0 radical (unpaired) electrons. The molecule has 2 N–H and O–H groups in total. The Morgan fingerprint density at radius 3 is 2.76 bits per heavy atom. The Hall–Kier alpha value is -1.02. The van der Waals surface area contributed by atoms with E-state index in [0.717, 1.165) is 25.6 Å². The average molecular weight is 315 g/mol. The molecule has 1 unspecified atom stereocenters. The van der Waals surface area contributed by atoms with Crippen LogP contribution in [0.3, 0.4) is 0 Å². The number of likely N-dealkylation sites (tertiary alicyclic amines) is 1. The van der Waals surface area contributed by atoms with E-state index in [9.17, 15) is 12.8 Å². The normalized spacial score (nSPS) is 20.3. The van der Waals surface area contributed by atoms with Crippen molar-refractivity contribution in [1.82, 2.24) is 9.21 Å². The van der Waals surface area contributed by atoms with E-state index >= 15 is 0 Å². The number of nitrogens with zero attached hydrogens (tertiary/aromatic N) is 2. The van der Waals surface area contributed by atoms with Crippen LogP contribution in [0.5, 0.6) is 0 Å². The van der Waals surface area contributed by atoms with Crippen LogP contribution in [0.2, 0.25) is 0 Å². The molecular weight excluding hydrogens is 293 g/mol. The molecule has 1 fully saturated rings. The first-order chi connectivity index (χ1) is 9.84. The third-order valence-corrected chi connectivity index (χ3v) is 5.85. The predicted octanol–water partition coefficient (Wildman–Crippen LogP) is 0.857. The molecule has 1 aliphatic rings. The third-order valence-electron chi connectivity index (χ3n) is 3.94. The molecule has 1 aliphatic heterocycles. The molecule has 2 rings (SSSR count). The molecule has 21 heavy (non-hydrogen) atoms. The molecule has 1 aromatic carbocycles. The van der Waals surface area contributed by atoms with Gasteiger partial charge >= 0.3 is 0 Å². The van der Waals surface area contributed by atoms with Gasteiger partial charge in [0.1, 0.15) is 5.82 Å². The molecular formula is C14H22FN3O2S. The quantitative estimate of drug-likeness (QED) is 0.875. The van der Waals surface area contributed by atoms with Crippen LogP contribution in [0.15, 0.2) is 23.1 Å². The maximum atomic E-state index is 13.4. The Balaban J connectivity index is 2.22. The number of rotatable bonds is 5. The first-order valence-electron chi connectivity index (χ1n) is 6.98. The standard InChI is InChI=1S/C14H22FN3O2S/c1-17-6-5-11(9-17)10-18(2)21(19,20)14-7-13(15)4-3-12(14)8-16/h3-4,7,11H,5-6,8-10,16H2,1-2H3. The maximum absolute atomic E-state index is 13.4. The van der Waals surface area contributed by atoms with E-state index in [1.165, 1.54) is 16.4 Å². The molecule has 5 nitrogen and oxygen atoms in total. The molecule has 1 atom stereocenters. The van der Waals surface area contributed by atoms with Crippen molar-refractivity contribution in [1.29, 1.82) is 0 Å². The van der Waals surface area contributed by atoms with Crippen LogP contribution in [0.25, 0.3) is 0 Å². The van der Waals surface area contributed by atoms with Crippen LogP contribution in [0.1, 0.15) is 12.0 Å². The van der Waals surface area contributed by atoms with Gasteiger partial charge < -0.3 is 10.6 Å². The number of nitrogens with two attached hydrogens (primary N) is 1. The molecule has 0 aromatic heterocycles. The SMILES string of the molecule is CN1CCC(CN(C)S(=O)(=O)c2cc(F)ccc2CN)C1. The van der Waals surface area contributed by atoms with E-state index in [2.05, 4.69) is 4.90 Å². The van der Waals surface area contributed by atoms with Crippen molar-refractivity contribution >= 4 is 10.0 Å². The highest BCUT2D eigenvalue weighted by Crippen LogP contribution is 2.23. The van der Waals surface area contributed by atoms with E-state index in [0.29, 0.717) is 18.0 Å². The summed E-state index contributed by atoms with van der Waals surface area (Å²) >= 11 is 0. The highest BCUT2D eigenvalue weighted by Gasteiger charge is 2.28. The summed E-state index contributed by atoms with van der Waals surface area (Å²) in [6.45, 7) is 2.36. The second-order valence-corrected chi connectivity index (χ2v) is 7.67. The van der Waals surface area contributed by atoms with Gasteiger partial charge in [0.25, 0.3) is 0 Å². The summed E-state index contributed by atoms with van der Waals surface area (Å²) in [5, 5.41) is 0. The molecule has 0 bridgehead atoms. The number of hydrogen-bond donors (Lipinski definition) is 1. The van der Waals surface area contributed by atoms with Crippen molar-refractivity contribution in [3.8, 4) is 0 Å². The van der Waals surface area contributed by atoms with Gasteiger partial charge in [0.2, 0.25) is 10.0 Å². The van der Waals surface area contributed by atoms with E-state index in [1.807, 2.05) is 7.05 Å². The number of halogens is 1. The largest absolute Gasteiger partial charge is 0.326 e. The minimum atomic E-state index is -3.71. The summed E-state index contributed by atoms with van der Waals surface area (Å²) < 4.78 is 40.0. The van der Waals surface area contributed by atoms with Crippen molar-refractivity contribution in [2.45, 2.75) is 17.9 Å². The van der Waals surface area contributed by atoms with E-state index in [4.69, 9.17) is 5.73 Å². The first-order valence-corrected chi connectivity index (χ1v) is 8.42. The van der Waals surface area contributed by atoms with Crippen LogP contribution < -0.4 is 5.73 Å². The van der Waals surface area contributed by atoms with Crippen molar-refractivity contribution < 1.29 is 12.8 Å². The second-order valence-electron chi connectivity index (χ2n) is 5.66. The fraction of sp³-hybridized carbons (Fsp3) is 0.571. The van der Waals surface area contributed by atoms with Crippen LogP contribution >= 0.6 is 0 Å². The lowest BCUT2D eigenvalue weighted by atomic mass is 10.1. The van der Waals surface area contributed by atoms with Crippen molar-refractivity contribution in [2.75, 3.05) is 33.7 Å². The van der Waals surface area contributed by atoms with Gasteiger partial charge in [-0.05, 0) is 43.6 Å². The lowest BCUT2D eigenvalue weighted by Gasteiger charge is -2.22. The Bertz CT molecular complexity index is 606. The van der Waals surface area contributed by atoms with Crippen LogP contribution in [0, 0.1) is 11.7 Å². The van der Waals surface area contributed by atoms with Gasteiger partial charge in [-0.1, -0.05) is 6.07 Å². The summed E-state index contributed by atoms with van der Waals surface area (Å²) in [4.78, 5) is 2.15. The Kier molecular flexibility index (Phi) is 4.98. The molecule has 1 heterocycles. The molecule has 0 aliphatic carbocycles. The van der Waals surface area contributed by atoms with Crippen LogP contribution in [0.4, 0.5) is 4.39 Å². The average Bonchev–Trinajstić information content (AvgIpc) is 2.84. The minimum absolute atomic E-state index is 0.0288. The van der Waals surface area contributed by atoms with Gasteiger partial charge in [-0.2, -0.15) is 0 Å². The lowest BCUT2D eigenvalue weighted by molar-refractivity contribution is 0.356. The summed E-state index contributed by atoms with van der Waals surface area (Å²) in [5.41, 5.74) is 6.00. The zero-order valence-electron chi connectivity index (χ0n) is 12.4. The van der Waals surface area contributed by atoms with E-state index in [1.54, 1.807) is 7.05 Å². The Morgan fingerprint density at radius 2 is 2.19 bits per heavy atom. The number of sulfonamides is 1. The van der Waals surface area contributed by atoms with Gasteiger partial charge in [-0.3, -0.25) is 0 Å². The number of hydrogen-bond acceptors (Lipinski definition) is 4. The summed E-state index contributed by atoms with van der Waals surface area (Å²) in [5.74, 6) is -0.260. The van der Waals surface area contributed by atoms with Gasteiger partial charge in [0.15, 0.2) is 0 Å².